The number of nitrogens with zero attached hydrogens (tertiary/aromatic N) is 3. The summed E-state index contributed by atoms with van der Waals surface area (Å²) >= 11 is 5.94. The molecular weight excluding hydrogens is 464 g/mol. The summed E-state index contributed by atoms with van der Waals surface area (Å²) in [6.07, 6.45) is 1.84. The molecule has 0 amide bonds. The number of pyridine rings is 1. The van der Waals surface area contributed by atoms with Gasteiger partial charge in [-0.3, -0.25) is 4.98 Å². The van der Waals surface area contributed by atoms with Gasteiger partial charge in [-0.2, -0.15) is 0 Å². The van der Waals surface area contributed by atoms with Crippen molar-refractivity contribution >= 4 is 23.0 Å². The van der Waals surface area contributed by atoms with Gasteiger partial charge in [0.15, 0.2) is 5.11 Å². The number of benzene rings is 2. The van der Waals surface area contributed by atoms with E-state index < -0.39 is 0 Å². The zero-order chi connectivity index (χ0) is 25.6. The number of aryl methyl sites for hydroxylation is 4. The predicted molar refractivity (Wildman–Crippen MR) is 150 cm³/mol. The van der Waals surface area contributed by atoms with E-state index in [2.05, 4.69) is 79.7 Å². The molecule has 1 saturated heterocycles. The van der Waals surface area contributed by atoms with Crippen molar-refractivity contribution in [1.82, 2.24) is 14.9 Å². The quantitative estimate of drug-likeness (QED) is 0.315. The minimum Gasteiger partial charge on any atom is -0.495 e. The molecule has 1 aliphatic heterocycles. The molecule has 36 heavy (non-hydrogen) atoms. The molecule has 1 fully saturated rings. The third-order valence-corrected chi connectivity index (χ3v) is 7.41. The largest absolute Gasteiger partial charge is 0.495 e. The molecule has 0 unspecified atom stereocenters. The molecule has 3 heterocycles. The predicted octanol–water partition coefficient (Wildman–Crippen LogP) is 6.60. The second-order valence-corrected chi connectivity index (χ2v) is 9.96. The number of anilines is 1. The number of hydrogen-bond donors (Lipinski definition) is 1. The first-order valence-electron chi connectivity index (χ1n) is 12.2. The van der Waals surface area contributed by atoms with Crippen LogP contribution in [0.15, 0.2) is 66.9 Å². The smallest absolute Gasteiger partial charge is 0.174 e. The van der Waals surface area contributed by atoms with Crippen LogP contribution in [0.25, 0.3) is 5.69 Å². The number of methoxy groups -OCH3 is 1. The highest BCUT2D eigenvalue weighted by Crippen LogP contribution is 2.46. The summed E-state index contributed by atoms with van der Waals surface area (Å²) in [4.78, 5) is 6.90. The van der Waals surface area contributed by atoms with Gasteiger partial charge in [-0.1, -0.05) is 35.9 Å². The average Bonchev–Trinajstić information content (AvgIpc) is 3.34. The minimum atomic E-state index is -0.113. The van der Waals surface area contributed by atoms with Crippen molar-refractivity contribution in [3.05, 3.63) is 106 Å². The lowest BCUT2D eigenvalue weighted by Gasteiger charge is -2.29. The third kappa shape index (κ3) is 3.95. The van der Waals surface area contributed by atoms with Gasteiger partial charge in [-0.25, -0.2) is 0 Å². The van der Waals surface area contributed by atoms with E-state index in [1.807, 2.05) is 36.5 Å². The van der Waals surface area contributed by atoms with Gasteiger partial charge in [-0.15, -0.1) is 0 Å². The first kappa shape index (κ1) is 24.1. The van der Waals surface area contributed by atoms with E-state index in [0.29, 0.717) is 5.11 Å². The summed E-state index contributed by atoms with van der Waals surface area (Å²) in [5, 5.41) is 4.23. The van der Waals surface area contributed by atoms with Crippen LogP contribution in [0.4, 0.5) is 5.69 Å². The van der Waals surface area contributed by atoms with Crippen LogP contribution in [0.2, 0.25) is 0 Å². The molecule has 6 heteroatoms. The number of thiocarbonyl (C=S) groups is 1. The lowest BCUT2D eigenvalue weighted by molar-refractivity contribution is 0.414. The molecule has 4 aromatic rings. The van der Waals surface area contributed by atoms with Crippen LogP contribution < -0.4 is 15.0 Å². The maximum atomic E-state index is 5.94. The number of ether oxygens (including phenoxy) is 1. The number of nitrogens with one attached hydrogen (secondary N) is 1. The maximum Gasteiger partial charge on any atom is 0.174 e. The van der Waals surface area contributed by atoms with E-state index in [1.54, 1.807) is 7.11 Å². The third-order valence-electron chi connectivity index (χ3n) is 7.09. The molecule has 0 aliphatic carbocycles. The van der Waals surface area contributed by atoms with E-state index in [1.165, 1.54) is 39.3 Å². The highest BCUT2D eigenvalue weighted by atomic mass is 32.1. The monoisotopic (exact) mass is 496 g/mol. The molecule has 5 rings (SSSR count). The van der Waals surface area contributed by atoms with Crippen LogP contribution in [0.3, 0.4) is 0 Å². The van der Waals surface area contributed by atoms with Crippen LogP contribution >= 0.6 is 12.2 Å². The van der Waals surface area contributed by atoms with Crippen molar-refractivity contribution in [1.29, 1.82) is 0 Å². The van der Waals surface area contributed by atoms with Gasteiger partial charge in [0.25, 0.3) is 0 Å². The van der Waals surface area contributed by atoms with Crippen LogP contribution in [-0.2, 0) is 0 Å². The molecule has 0 saturated carbocycles. The minimum absolute atomic E-state index is 0.102. The lowest BCUT2D eigenvalue weighted by Crippen LogP contribution is -2.30. The van der Waals surface area contributed by atoms with E-state index >= 15 is 0 Å². The van der Waals surface area contributed by atoms with Gasteiger partial charge < -0.3 is 19.5 Å². The second-order valence-electron chi connectivity index (χ2n) is 9.58. The fourth-order valence-corrected chi connectivity index (χ4v) is 6.05. The first-order chi connectivity index (χ1) is 17.3. The number of aromatic nitrogens is 2. The molecule has 2 atom stereocenters. The summed E-state index contributed by atoms with van der Waals surface area (Å²) in [6.45, 7) is 10.9. The van der Waals surface area contributed by atoms with Gasteiger partial charge in [0, 0.05) is 17.6 Å². The number of para-hydroxylation sites is 2. The van der Waals surface area contributed by atoms with Gasteiger partial charge in [0.05, 0.1) is 36.3 Å². The average molecular weight is 497 g/mol. The van der Waals surface area contributed by atoms with Crippen LogP contribution in [-0.4, -0.2) is 21.8 Å². The molecule has 0 radical (unpaired) electrons. The van der Waals surface area contributed by atoms with E-state index in [0.717, 1.165) is 17.1 Å². The normalized spacial score (nSPS) is 17.4. The zero-order valence-electron chi connectivity index (χ0n) is 21.7. The van der Waals surface area contributed by atoms with Crippen molar-refractivity contribution in [2.75, 3.05) is 12.0 Å². The summed E-state index contributed by atoms with van der Waals surface area (Å²) in [7, 11) is 1.70. The summed E-state index contributed by atoms with van der Waals surface area (Å²) in [5.41, 5.74) is 10.5. The standard InChI is InChI=1S/C30H32N4OS/c1-18-15-19(2)28(20(3)16-18)33-21(4)17-23(22(33)5)29-27(24-11-9-10-14-31-24)32-30(36)34(29)25-12-7-8-13-26(25)35-6/h7-17,27,29H,1-6H3,(H,32,36)/t27-,29-/m0/s1. The molecule has 2 aromatic heterocycles. The van der Waals surface area contributed by atoms with Crippen LogP contribution in [0.5, 0.6) is 5.75 Å². The van der Waals surface area contributed by atoms with Crippen LogP contribution in [0, 0.1) is 34.6 Å². The van der Waals surface area contributed by atoms with Crippen LogP contribution in [0.1, 0.15) is 51.4 Å². The Balaban J connectivity index is 1.73. The molecule has 1 N–H and O–H groups in total. The first-order valence-corrected chi connectivity index (χ1v) is 12.6. The lowest BCUT2D eigenvalue weighted by atomic mass is 9.96. The fourth-order valence-electron chi connectivity index (χ4n) is 5.72. The van der Waals surface area contributed by atoms with Crippen molar-refractivity contribution in [3.8, 4) is 11.4 Å². The maximum absolute atomic E-state index is 5.94. The number of rotatable bonds is 5. The van der Waals surface area contributed by atoms with E-state index in [9.17, 15) is 0 Å². The SMILES string of the molecule is COc1ccccc1N1C(=S)N[C@@H](c2ccccn2)[C@@H]1c1cc(C)n(-c2c(C)cc(C)cc2C)c1C. The van der Waals surface area contributed by atoms with Gasteiger partial charge in [0.1, 0.15) is 5.75 Å². The van der Waals surface area contributed by atoms with E-state index in [4.69, 9.17) is 21.9 Å². The summed E-state index contributed by atoms with van der Waals surface area (Å²) in [6, 6.07) is 20.7. The van der Waals surface area contributed by atoms with Gasteiger partial charge in [0.2, 0.25) is 0 Å². The van der Waals surface area contributed by atoms with Gasteiger partial charge in [-0.05, 0) is 93.9 Å². The highest BCUT2D eigenvalue weighted by molar-refractivity contribution is 7.80. The summed E-state index contributed by atoms with van der Waals surface area (Å²) < 4.78 is 8.14. The molecule has 1 aliphatic rings. The van der Waals surface area contributed by atoms with E-state index in [-0.39, 0.29) is 12.1 Å². The number of hydrogen-bond acceptors (Lipinski definition) is 3. The molecular formula is C30H32N4OS. The summed E-state index contributed by atoms with van der Waals surface area (Å²) in [5.74, 6) is 0.785. The Bertz CT molecular complexity index is 1420. The topological polar surface area (TPSA) is 42.3 Å². The molecule has 2 aromatic carbocycles. The van der Waals surface area contributed by atoms with Crippen molar-refractivity contribution in [3.63, 3.8) is 0 Å². The molecule has 184 valence electrons. The Kier molecular flexibility index (Phi) is 6.31. The molecule has 0 bridgehead atoms. The Hall–Kier alpha value is -3.64. The Labute approximate surface area is 218 Å². The fraction of sp³-hybridized carbons (Fsp3) is 0.267. The molecule has 0 spiro atoms. The van der Waals surface area contributed by atoms with Crippen molar-refractivity contribution < 1.29 is 4.74 Å². The second kappa shape index (κ2) is 9.43. The Morgan fingerprint density at radius 3 is 2.28 bits per heavy atom. The van der Waals surface area contributed by atoms with Gasteiger partial charge >= 0.3 is 0 Å². The molecule has 5 nitrogen and oxygen atoms in total. The van der Waals surface area contributed by atoms with Crippen molar-refractivity contribution in [2.45, 2.75) is 46.7 Å². The van der Waals surface area contributed by atoms with Crippen molar-refractivity contribution in [2.24, 2.45) is 0 Å². The highest BCUT2D eigenvalue weighted by Gasteiger charge is 2.43. The Morgan fingerprint density at radius 2 is 1.61 bits per heavy atom. The zero-order valence-corrected chi connectivity index (χ0v) is 22.5. The Morgan fingerprint density at radius 1 is 0.917 bits per heavy atom.